The van der Waals surface area contributed by atoms with E-state index < -0.39 is 0 Å². The SMILES string of the molecule is CC1=CCC[C@H]2[C@](C)(Cc3cc(O)ccc3O)[C@H](C)CC[C@]12C. The van der Waals surface area contributed by atoms with Crippen LogP contribution in [0.3, 0.4) is 0 Å². The van der Waals surface area contributed by atoms with Crippen molar-refractivity contribution in [2.75, 3.05) is 0 Å². The maximum Gasteiger partial charge on any atom is 0.119 e. The molecule has 1 aromatic carbocycles. The van der Waals surface area contributed by atoms with E-state index in [4.69, 9.17) is 0 Å². The number of phenolic OH excluding ortho intramolecular Hbond substituents is 2. The largest absolute Gasteiger partial charge is 0.508 e. The molecule has 0 aliphatic heterocycles. The molecule has 23 heavy (non-hydrogen) atoms. The molecule has 2 heteroatoms. The van der Waals surface area contributed by atoms with Crippen molar-refractivity contribution in [2.24, 2.45) is 22.7 Å². The van der Waals surface area contributed by atoms with Gasteiger partial charge in [-0.05, 0) is 85.5 Å². The lowest BCUT2D eigenvalue weighted by atomic mass is 9.47. The zero-order valence-electron chi connectivity index (χ0n) is 14.9. The number of allylic oxidation sites excluding steroid dienone is 2. The molecular weight excluding hydrogens is 284 g/mol. The van der Waals surface area contributed by atoms with Crippen molar-refractivity contribution in [1.29, 1.82) is 0 Å². The van der Waals surface area contributed by atoms with Gasteiger partial charge >= 0.3 is 0 Å². The van der Waals surface area contributed by atoms with Gasteiger partial charge in [0, 0.05) is 0 Å². The number of benzene rings is 1. The summed E-state index contributed by atoms with van der Waals surface area (Å²) >= 11 is 0. The molecule has 2 aliphatic carbocycles. The molecule has 126 valence electrons. The molecular formula is C21H30O2. The van der Waals surface area contributed by atoms with Crippen molar-refractivity contribution in [3.63, 3.8) is 0 Å². The lowest BCUT2D eigenvalue weighted by Gasteiger charge is -2.58. The molecule has 2 nitrogen and oxygen atoms in total. The van der Waals surface area contributed by atoms with Gasteiger partial charge in [0.1, 0.15) is 11.5 Å². The molecule has 0 saturated heterocycles. The lowest BCUT2D eigenvalue weighted by Crippen LogP contribution is -2.50. The van der Waals surface area contributed by atoms with Gasteiger partial charge in [-0.25, -0.2) is 0 Å². The van der Waals surface area contributed by atoms with E-state index in [1.54, 1.807) is 23.8 Å². The fourth-order valence-corrected chi connectivity index (χ4v) is 5.33. The minimum absolute atomic E-state index is 0.147. The molecule has 1 saturated carbocycles. The number of phenols is 2. The maximum absolute atomic E-state index is 10.3. The maximum atomic E-state index is 10.3. The van der Waals surface area contributed by atoms with Crippen molar-refractivity contribution in [1.82, 2.24) is 0 Å². The Morgan fingerprint density at radius 3 is 2.65 bits per heavy atom. The van der Waals surface area contributed by atoms with Gasteiger partial charge in [-0.1, -0.05) is 32.4 Å². The summed E-state index contributed by atoms with van der Waals surface area (Å²) in [7, 11) is 0. The molecule has 1 aromatic rings. The second kappa shape index (κ2) is 5.58. The molecule has 0 aromatic heterocycles. The van der Waals surface area contributed by atoms with E-state index in [1.807, 2.05) is 0 Å². The van der Waals surface area contributed by atoms with Gasteiger partial charge in [0.25, 0.3) is 0 Å². The molecule has 0 unspecified atom stereocenters. The summed E-state index contributed by atoms with van der Waals surface area (Å²) < 4.78 is 0. The van der Waals surface area contributed by atoms with Crippen LogP contribution in [0.15, 0.2) is 29.8 Å². The number of fused-ring (bicyclic) bond motifs is 1. The normalized spacial score (nSPS) is 37.1. The Balaban J connectivity index is 2.00. The molecule has 2 N–H and O–H groups in total. The Hall–Kier alpha value is -1.44. The molecule has 0 bridgehead atoms. The van der Waals surface area contributed by atoms with Crippen LogP contribution in [0.25, 0.3) is 0 Å². The summed E-state index contributed by atoms with van der Waals surface area (Å²) in [6, 6.07) is 4.92. The van der Waals surface area contributed by atoms with Gasteiger partial charge in [-0.15, -0.1) is 0 Å². The van der Waals surface area contributed by atoms with Gasteiger partial charge in [0.05, 0.1) is 0 Å². The monoisotopic (exact) mass is 314 g/mol. The first kappa shape index (κ1) is 16.4. The van der Waals surface area contributed by atoms with Crippen LogP contribution in [0.1, 0.15) is 58.9 Å². The summed E-state index contributed by atoms with van der Waals surface area (Å²) in [4.78, 5) is 0. The van der Waals surface area contributed by atoms with E-state index >= 15 is 0 Å². The molecule has 0 amide bonds. The van der Waals surface area contributed by atoms with Crippen LogP contribution < -0.4 is 0 Å². The average Bonchev–Trinajstić information content (AvgIpc) is 2.50. The highest BCUT2D eigenvalue weighted by Crippen LogP contribution is 2.61. The smallest absolute Gasteiger partial charge is 0.119 e. The molecule has 3 rings (SSSR count). The summed E-state index contributed by atoms with van der Waals surface area (Å²) in [5.74, 6) is 1.80. The highest BCUT2D eigenvalue weighted by molar-refractivity contribution is 5.39. The Morgan fingerprint density at radius 1 is 1.17 bits per heavy atom. The summed E-state index contributed by atoms with van der Waals surface area (Å²) in [5.41, 5.74) is 2.86. The Kier molecular flexibility index (Phi) is 3.98. The third kappa shape index (κ3) is 2.56. The standard InChI is InChI=1S/C21H30O2/c1-14-6-5-7-19-20(14,3)11-10-15(2)21(19,4)13-16-12-17(22)8-9-18(16)23/h6,8-9,12,15,19,22-23H,5,7,10-11,13H2,1-4H3/t15-,19-,20-,21-/m1/s1. The minimum Gasteiger partial charge on any atom is -0.508 e. The Labute approximate surface area is 140 Å². The highest BCUT2D eigenvalue weighted by atomic mass is 16.3. The van der Waals surface area contributed by atoms with Crippen LogP contribution in [-0.2, 0) is 6.42 Å². The first-order chi connectivity index (χ1) is 10.8. The number of aromatic hydroxyl groups is 2. The molecule has 0 heterocycles. The fraction of sp³-hybridized carbons (Fsp3) is 0.619. The first-order valence-electron chi connectivity index (χ1n) is 8.95. The van der Waals surface area contributed by atoms with E-state index in [9.17, 15) is 10.2 Å². The van der Waals surface area contributed by atoms with Crippen LogP contribution in [0.4, 0.5) is 0 Å². The van der Waals surface area contributed by atoms with E-state index in [-0.39, 0.29) is 16.6 Å². The van der Waals surface area contributed by atoms with E-state index in [1.165, 1.54) is 25.7 Å². The van der Waals surface area contributed by atoms with Gasteiger partial charge in [-0.2, -0.15) is 0 Å². The predicted molar refractivity (Wildman–Crippen MR) is 94.6 cm³/mol. The van der Waals surface area contributed by atoms with Crippen LogP contribution in [-0.4, -0.2) is 10.2 Å². The molecule has 2 aliphatic rings. The quantitative estimate of drug-likeness (QED) is 0.564. The predicted octanol–water partition coefficient (Wildman–Crippen LogP) is 5.44. The Bertz CT molecular complexity index is 633. The van der Waals surface area contributed by atoms with Crippen molar-refractivity contribution in [3.8, 4) is 11.5 Å². The summed E-state index contributed by atoms with van der Waals surface area (Å²) in [5, 5.41) is 20.1. The van der Waals surface area contributed by atoms with Crippen molar-refractivity contribution in [3.05, 3.63) is 35.4 Å². The van der Waals surface area contributed by atoms with Gasteiger partial charge in [0.2, 0.25) is 0 Å². The average molecular weight is 314 g/mol. The fourth-order valence-electron chi connectivity index (χ4n) is 5.33. The highest BCUT2D eigenvalue weighted by Gasteiger charge is 2.53. The van der Waals surface area contributed by atoms with Crippen molar-refractivity contribution in [2.45, 2.75) is 59.8 Å². The number of rotatable bonds is 2. The third-order valence-corrected chi connectivity index (χ3v) is 7.23. The zero-order valence-corrected chi connectivity index (χ0v) is 14.9. The van der Waals surface area contributed by atoms with Crippen LogP contribution in [0, 0.1) is 22.7 Å². The zero-order chi connectivity index (χ0) is 16.8. The number of hydrogen-bond acceptors (Lipinski definition) is 2. The van der Waals surface area contributed by atoms with Crippen molar-refractivity contribution < 1.29 is 10.2 Å². The molecule has 4 atom stereocenters. The lowest BCUT2D eigenvalue weighted by molar-refractivity contribution is -0.0412. The molecule has 0 radical (unpaired) electrons. The van der Waals surface area contributed by atoms with Crippen LogP contribution in [0.2, 0.25) is 0 Å². The van der Waals surface area contributed by atoms with Crippen LogP contribution in [0.5, 0.6) is 11.5 Å². The van der Waals surface area contributed by atoms with Gasteiger partial charge in [-0.3, -0.25) is 0 Å². The summed E-state index contributed by atoms with van der Waals surface area (Å²) in [6.07, 6.45) is 8.16. The first-order valence-corrected chi connectivity index (χ1v) is 8.95. The third-order valence-electron chi connectivity index (χ3n) is 7.23. The second-order valence-electron chi connectivity index (χ2n) is 8.37. The topological polar surface area (TPSA) is 40.5 Å². The van der Waals surface area contributed by atoms with E-state index in [0.29, 0.717) is 17.6 Å². The summed E-state index contributed by atoms with van der Waals surface area (Å²) in [6.45, 7) is 9.51. The van der Waals surface area contributed by atoms with Gasteiger partial charge < -0.3 is 10.2 Å². The van der Waals surface area contributed by atoms with Gasteiger partial charge in [0.15, 0.2) is 0 Å². The molecule has 1 fully saturated rings. The van der Waals surface area contributed by atoms with Crippen LogP contribution >= 0.6 is 0 Å². The minimum atomic E-state index is 0.147. The van der Waals surface area contributed by atoms with E-state index in [0.717, 1.165) is 12.0 Å². The number of hydrogen-bond donors (Lipinski definition) is 2. The Morgan fingerprint density at radius 2 is 1.91 bits per heavy atom. The van der Waals surface area contributed by atoms with E-state index in [2.05, 4.69) is 33.8 Å². The van der Waals surface area contributed by atoms with Crippen molar-refractivity contribution >= 4 is 0 Å². The molecule has 0 spiro atoms. The second-order valence-corrected chi connectivity index (χ2v) is 8.37.